The Morgan fingerprint density at radius 1 is 0.769 bits per heavy atom. The van der Waals surface area contributed by atoms with Gasteiger partial charge in [-0.2, -0.15) is 0 Å². The molecule has 0 aromatic heterocycles. The summed E-state index contributed by atoms with van der Waals surface area (Å²) < 4.78 is 6.26. The molecule has 1 aliphatic carbocycles. The molecule has 4 aromatic rings. The van der Waals surface area contributed by atoms with E-state index < -0.39 is 0 Å². The van der Waals surface area contributed by atoms with Crippen LogP contribution in [-0.2, 0) is 13.0 Å². The minimum atomic E-state index is -0.386. The van der Waals surface area contributed by atoms with Gasteiger partial charge in [-0.05, 0) is 109 Å². The number of ether oxygens (including phenoxy) is 1. The number of rotatable bonds is 8. The van der Waals surface area contributed by atoms with E-state index in [0.29, 0.717) is 18.4 Å². The van der Waals surface area contributed by atoms with E-state index in [0.717, 1.165) is 50.2 Å². The molecule has 1 heterocycles. The highest BCUT2D eigenvalue weighted by atomic mass is 16.5. The summed E-state index contributed by atoms with van der Waals surface area (Å²) in [6, 6.07) is 36.2. The summed E-state index contributed by atoms with van der Waals surface area (Å²) in [5.74, 6) is 1.90. The SMILES string of the molecule is O[C@H]1c2ccc(OCc3ccccc3-c3ccccc3)cc2CC[C@H]1CCN1CCC(c2ccccc2)CC1. The average molecular weight is 518 g/mol. The second-order valence-electron chi connectivity index (χ2n) is 11.2. The van der Waals surface area contributed by atoms with Crippen LogP contribution in [-0.4, -0.2) is 29.6 Å². The average Bonchev–Trinajstić information content (AvgIpc) is 3.01. The van der Waals surface area contributed by atoms with Crippen LogP contribution in [0.4, 0.5) is 0 Å². The second kappa shape index (κ2) is 12.2. The molecule has 0 saturated carbocycles. The topological polar surface area (TPSA) is 32.7 Å². The highest BCUT2D eigenvalue weighted by Gasteiger charge is 2.29. The van der Waals surface area contributed by atoms with Gasteiger partial charge in [-0.1, -0.05) is 91.0 Å². The van der Waals surface area contributed by atoms with Crippen LogP contribution in [0.25, 0.3) is 11.1 Å². The van der Waals surface area contributed by atoms with Crippen LogP contribution in [0.15, 0.2) is 103 Å². The molecular weight excluding hydrogens is 478 g/mol. The third-order valence-electron chi connectivity index (χ3n) is 8.84. The summed E-state index contributed by atoms with van der Waals surface area (Å²) in [5, 5.41) is 11.2. The zero-order valence-electron chi connectivity index (χ0n) is 22.7. The molecule has 1 aliphatic heterocycles. The van der Waals surface area contributed by atoms with E-state index in [4.69, 9.17) is 4.74 Å². The molecule has 0 radical (unpaired) electrons. The largest absolute Gasteiger partial charge is 0.489 e. The first-order valence-corrected chi connectivity index (χ1v) is 14.6. The van der Waals surface area contributed by atoms with Crippen LogP contribution in [0.3, 0.4) is 0 Å². The smallest absolute Gasteiger partial charge is 0.120 e. The number of fused-ring (bicyclic) bond motifs is 1. The normalized spacial score (nSPS) is 19.9. The molecule has 1 saturated heterocycles. The quantitative estimate of drug-likeness (QED) is 0.259. The van der Waals surface area contributed by atoms with Crippen LogP contribution in [0.5, 0.6) is 5.75 Å². The standard InChI is InChI=1S/C36H39NO2/c38-36-30(21-24-37-22-19-28(20-23-37)27-9-3-1-4-10-27)15-16-31-25-33(17-18-35(31)36)39-26-32-13-7-8-14-34(32)29-11-5-2-6-12-29/h1-14,17-18,25,28,30,36,38H,15-16,19-24,26H2/t30-,36+/m0/s1. The van der Waals surface area contributed by atoms with Crippen molar-refractivity contribution in [3.8, 4) is 16.9 Å². The van der Waals surface area contributed by atoms with Gasteiger partial charge >= 0.3 is 0 Å². The van der Waals surface area contributed by atoms with Gasteiger partial charge in [0.05, 0.1) is 6.10 Å². The number of aryl methyl sites for hydroxylation is 1. The summed E-state index contributed by atoms with van der Waals surface area (Å²) in [4.78, 5) is 2.60. The lowest BCUT2D eigenvalue weighted by Crippen LogP contribution is -2.35. The van der Waals surface area contributed by atoms with Gasteiger partial charge in [0, 0.05) is 0 Å². The summed E-state index contributed by atoms with van der Waals surface area (Å²) in [6.45, 7) is 3.93. The Labute approximate surface area is 233 Å². The lowest BCUT2D eigenvalue weighted by atomic mass is 9.79. The molecule has 0 unspecified atom stereocenters. The fourth-order valence-corrected chi connectivity index (χ4v) is 6.50. The summed E-state index contributed by atoms with van der Waals surface area (Å²) in [6.07, 6.45) is 5.19. The summed E-state index contributed by atoms with van der Waals surface area (Å²) in [5.41, 5.74) is 7.40. The number of aliphatic hydroxyl groups excluding tert-OH is 1. The maximum absolute atomic E-state index is 11.2. The lowest BCUT2D eigenvalue weighted by Gasteiger charge is -2.35. The van der Waals surface area contributed by atoms with Gasteiger partial charge in [0.15, 0.2) is 0 Å². The first-order valence-electron chi connectivity index (χ1n) is 14.6. The van der Waals surface area contributed by atoms with E-state index in [1.54, 1.807) is 0 Å². The molecule has 0 bridgehead atoms. The Morgan fingerprint density at radius 3 is 2.28 bits per heavy atom. The number of piperidine rings is 1. The third-order valence-corrected chi connectivity index (χ3v) is 8.84. The van der Waals surface area contributed by atoms with Gasteiger partial charge in [-0.25, -0.2) is 0 Å². The van der Waals surface area contributed by atoms with Crippen LogP contribution < -0.4 is 4.74 Å². The Kier molecular flexibility index (Phi) is 8.08. The molecule has 6 rings (SSSR count). The fraction of sp³-hybridized carbons (Fsp3) is 0.333. The molecule has 1 fully saturated rings. The number of hydrogen-bond donors (Lipinski definition) is 1. The number of hydrogen-bond acceptors (Lipinski definition) is 3. The Morgan fingerprint density at radius 2 is 1.49 bits per heavy atom. The molecule has 0 amide bonds. The van der Waals surface area contributed by atoms with E-state index in [-0.39, 0.29) is 6.10 Å². The van der Waals surface area contributed by atoms with Gasteiger partial charge in [0.25, 0.3) is 0 Å². The van der Waals surface area contributed by atoms with Crippen molar-refractivity contribution in [1.82, 2.24) is 4.90 Å². The van der Waals surface area contributed by atoms with Gasteiger partial charge in [-0.15, -0.1) is 0 Å². The molecule has 2 atom stereocenters. The van der Waals surface area contributed by atoms with E-state index in [1.165, 1.54) is 40.7 Å². The van der Waals surface area contributed by atoms with Crippen molar-refractivity contribution in [1.29, 1.82) is 0 Å². The monoisotopic (exact) mass is 517 g/mol. The van der Waals surface area contributed by atoms with Gasteiger partial charge in [-0.3, -0.25) is 0 Å². The highest BCUT2D eigenvalue weighted by Crippen LogP contribution is 2.38. The van der Waals surface area contributed by atoms with Crippen molar-refractivity contribution in [2.75, 3.05) is 19.6 Å². The van der Waals surface area contributed by atoms with Crippen LogP contribution in [0.2, 0.25) is 0 Å². The minimum Gasteiger partial charge on any atom is -0.489 e. The van der Waals surface area contributed by atoms with Gasteiger partial charge in [0.1, 0.15) is 12.4 Å². The fourth-order valence-electron chi connectivity index (χ4n) is 6.50. The molecule has 39 heavy (non-hydrogen) atoms. The van der Waals surface area contributed by atoms with Crippen molar-refractivity contribution in [3.63, 3.8) is 0 Å². The zero-order chi connectivity index (χ0) is 26.4. The van der Waals surface area contributed by atoms with E-state index >= 15 is 0 Å². The predicted octanol–water partition coefficient (Wildman–Crippen LogP) is 7.80. The van der Waals surface area contributed by atoms with Gasteiger partial charge in [0.2, 0.25) is 0 Å². The maximum atomic E-state index is 11.2. The number of aliphatic hydroxyl groups is 1. The molecule has 2 aliphatic rings. The van der Waals surface area contributed by atoms with E-state index in [2.05, 4.69) is 95.9 Å². The molecule has 3 nitrogen and oxygen atoms in total. The van der Waals surface area contributed by atoms with Crippen LogP contribution >= 0.6 is 0 Å². The van der Waals surface area contributed by atoms with E-state index in [1.807, 2.05) is 12.1 Å². The molecule has 1 N–H and O–H groups in total. The van der Waals surface area contributed by atoms with E-state index in [9.17, 15) is 5.11 Å². The van der Waals surface area contributed by atoms with Crippen LogP contribution in [0.1, 0.15) is 60.0 Å². The highest BCUT2D eigenvalue weighted by molar-refractivity contribution is 5.67. The second-order valence-corrected chi connectivity index (χ2v) is 11.2. The number of nitrogens with zero attached hydrogens (tertiary/aromatic N) is 1. The first kappa shape index (κ1) is 25.9. The molecular formula is C36H39NO2. The molecule has 4 aromatic carbocycles. The van der Waals surface area contributed by atoms with Crippen molar-refractivity contribution >= 4 is 0 Å². The maximum Gasteiger partial charge on any atom is 0.120 e. The van der Waals surface area contributed by atoms with Gasteiger partial charge < -0.3 is 14.7 Å². The van der Waals surface area contributed by atoms with Crippen molar-refractivity contribution < 1.29 is 9.84 Å². The molecule has 200 valence electrons. The predicted molar refractivity (Wildman–Crippen MR) is 159 cm³/mol. The Bertz CT molecular complexity index is 1350. The Balaban J connectivity index is 1.03. The zero-order valence-corrected chi connectivity index (χ0v) is 22.7. The molecule has 3 heteroatoms. The van der Waals surface area contributed by atoms with Crippen LogP contribution in [0, 0.1) is 5.92 Å². The summed E-state index contributed by atoms with van der Waals surface area (Å²) >= 11 is 0. The summed E-state index contributed by atoms with van der Waals surface area (Å²) in [7, 11) is 0. The molecule has 0 spiro atoms. The van der Waals surface area contributed by atoms with Crippen molar-refractivity contribution in [2.45, 2.75) is 50.7 Å². The number of benzene rings is 4. The van der Waals surface area contributed by atoms with Crippen molar-refractivity contribution in [3.05, 3.63) is 125 Å². The third kappa shape index (κ3) is 6.11. The lowest BCUT2D eigenvalue weighted by molar-refractivity contribution is 0.0771. The Hall–Kier alpha value is -3.40. The number of likely N-dealkylation sites (tertiary alicyclic amines) is 1. The minimum absolute atomic E-state index is 0.328. The van der Waals surface area contributed by atoms with Crippen molar-refractivity contribution in [2.24, 2.45) is 5.92 Å². The first-order chi connectivity index (χ1) is 19.2.